The molecule has 1 heterocycles. The Balaban J connectivity index is 2.11. The van der Waals surface area contributed by atoms with Gasteiger partial charge in [-0.1, -0.05) is 0 Å². The highest BCUT2D eigenvalue weighted by Crippen LogP contribution is 2.44. The molecule has 0 spiro atoms. The molecule has 1 atom stereocenters. The SMILES string of the molecule is C[C@H](F)COc1ccc(C(=O)N2CCC(F)(F)/C(=C\C(=O)NCC(N)=O)c3cc(F)ccc32)c(C(F)(F)F)c1. The minimum atomic E-state index is -5.09. The summed E-state index contributed by atoms with van der Waals surface area (Å²) in [4.78, 5) is 37.1. The summed E-state index contributed by atoms with van der Waals surface area (Å²) in [5.74, 6) is -8.71. The minimum absolute atomic E-state index is 0.375. The van der Waals surface area contributed by atoms with Crippen molar-refractivity contribution < 1.29 is 49.9 Å². The van der Waals surface area contributed by atoms with Crippen LogP contribution in [0.3, 0.4) is 0 Å². The van der Waals surface area contributed by atoms with Gasteiger partial charge >= 0.3 is 6.18 Å². The molecule has 14 heteroatoms. The smallest absolute Gasteiger partial charge is 0.417 e. The highest BCUT2D eigenvalue weighted by molar-refractivity contribution is 6.10. The van der Waals surface area contributed by atoms with Crippen LogP contribution in [0, 0.1) is 5.82 Å². The number of benzene rings is 2. The van der Waals surface area contributed by atoms with Crippen LogP contribution in [0.5, 0.6) is 5.75 Å². The number of carbonyl (C=O) groups excluding carboxylic acids is 3. The Bertz CT molecular complexity index is 1310. The number of nitrogens with one attached hydrogen (secondary N) is 1. The predicted molar refractivity (Wildman–Crippen MR) is 125 cm³/mol. The van der Waals surface area contributed by atoms with E-state index in [0.717, 1.165) is 31.2 Å². The number of allylic oxidation sites excluding steroid dienone is 1. The molecule has 39 heavy (non-hydrogen) atoms. The molecule has 0 bridgehead atoms. The van der Waals surface area contributed by atoms with Gasteiger partial charge in [0, 0.05) is 30.2 Å². The zero-order valence-corrected chi connectivity index (χ0v) is 20.3. The Morgan fingerprint density at radius 1 is 1.18 bits per heavy atom. The molecule has 2 aromatic carbocycles. The number of fused-ring (bicyclic) bond motifs is 1. The van der Waals surface area contributed by atoms with E-state index in [2.05, 4.69) is 0 Å². The Kier molecular flexibility index (Phi) is 8.56. The third kappa shape index (κ3) is 7.06. The highest BCUT2D eigenvalue weighted by Gasteiger charge is 2.43. The van der Waals surface area contributed by atoms with E-state index in [1.165, 1.54) is 0 Å². The molecule has 210 valence electrons. The molecule has 1 aliphatic rings. The molecular formula is C25H22F7N3O4. The van der Waals surface area contributed by atoms with E-state index in [1.807, 2.05) is 5.32 Å². The first kappa shape index (κ1) is 29.5. The number of rotatable bonds is 7. The Morgan fingerprint density at radius 2 is 1.87 bits per heavy atom. The summed E-state index contributed by atoms with van der Waals surface area (Å²) in [6, 6.07) is 4.60. The molecule has 3 N–H and O–H groups in total. The number of hydrogen-bond acceptors (Lipinski definition) is 4. The third-order valence-electron chi connectivity index (χ3n) is 5.55. The second-order valence-electron chi connectivity index (χ2n) is 8.61. The molecule has 3 amide bonds. The normalized spacial score (nSPS) is 16.7. The number of primary amides is 1. The van der Waals surface area contributed by atoms with E-state index >= 15 is 8.78 Å². The molecule has 2 aromatic rings. The summed E-state index contributed by atoms with van der Waals surface area (Å²) in [6.45, 7) is -0.909. The number of alkyl halides is 6. The second-order valence-corrected chi connectivity index (χ2v) is 8.61. The molecule has 0 aromatic heterocycles. The van der Waals surface area contributed by atoms with Crippen LogP contribution in [0.2, 0.25) is 0 Å². The third-order valence-corrected chi connectivity index (χ3v) is 5.55. The van der Waals surface area contributed by atoms with Crippen molar-refractivity contribution in [2.75, 3.05) is 24.6 Å². The summed E-state index contributed by atoms with van der Waals surface area (Å²) in [7, 11) is 0. The number of hydrogen-bond donors (Lipinski definition) is 2. The fraction of sp³-hybridized carbons (Fsp3) is 0.320. The van der Waals surface area contributed by atoms with Gasteiger partial charge in [-0.05, 0) is 43.3 Å². The fourth-order valence-corrected chi connectivity index (χ4v) is 3.80. The molecule has 0 saturated carbocycles. The van der Waals surface area contributed by atoms with E-state index in [-0.39, 0.29) is 11.4 Å². The van der Waals surface area contributed by atoms with Gasteiger partial charge in [0.05, 0.1) is 23.4 Å². The van der Waals surface area contributed by atoms with Gasteiger partial charge in [-0.2, -0.15) is 13.2 Å². The molecular weight excluding hydrogens is 539 g/mol. The topological polar surface area (TPSA) is 102 Å². The van der Waals surface area contributed by atoms with E-state index < -0.39 is 90.2 Å². The van der Waals surface area contributed by atoms with Gasteiger partial charge in [0.15, 0.2) is 0 Å². The summed E-state index contributed by atoms with van der Waals surface area (Å²) >= 11 is 0. The molecule has 0 fully saturated rings. The maximum Gasteiger partial charge on any atom is 0.417 e. The van der Waals surface area contributed by atoms with Crippen LogP contribution >= 0.6 is 0 Å². The van der Waals surface area contributed by atoms with Gasteiger partial charge in [-0.15, -0.1) is 0 Å². The lowest BCUT2D eigenvalue weighted by molar-refractivity contribution is -0.138. The minimum Gasteiger partial charge on any atom is -0.491 e. The maximum absolute atomic E-state index is 15.2. The number of nitrogens with two attached hydrogens (primary N) is 1. The van der Waals surface area contributed by atoms with Crippen molar-refractivity contribution in [1.29, 1.82) is 0 Å². The molecule has 0 aliphatic carbocycles. The number of amides is 3. The molecule has 7 nitrogen and oxygen atoms in total. The first-order valence-electron chi connectivity index (χ1n) is 11.4. The van der Waals surface area contributed by atoms with Crippen LogP contribution in [0.4, 0.5) is 36.4 Å². The van der Waals surface area contributed by atoms with E-state index in [0.29, 0.717) is 23.1 Å². The Morgan fingerprint density at radius 3 is 2.49 bits per heavy atom. The van der Waals surface area contributed by atoms with Crippen LogP contribution in [-0.4, -0.2) is 49.5 Å². The zero-order valence-electron chi connectivity index (χ0n) is 20.3. The maximum atomic E-state index is 15.2. The molecule has 3 rings (SSSR count). The second kappa shape index (κ2) is 11.3. The van der Waals surface area contributed by atoms with Crippen LogP contribution in [0.15, 0.2) is 42.5 Å². The number of halogens is 7. The van der Waals surface area contributed by atoms with Crippen molar-refractivity contribution in [2.24, 2.45) is 5.73 Å². The zero-order chi connectivity index (χ0) is 29.1. The summed E-state index contributed by atoms with van der Waals surface area (Å²) in [6.07, 6.45) is -7.30. The van der Waals surface area contributed by atoms with Gasteiger partial charge in [0.2, 0.25) is 11.8 Å². The van der Waals surface area contributed by atoms with Crippen molar-refractivity contribution in [3.8, 4) is 5.75 Å². The molecule has 0 saturated heterocycles. The first-order valence-corrected chi connectivity index (χ1v) is 11.4. The highest BCUT2D eigenvalue weighted by atomic mass is 19.4. The van der Waals surface area contributed by atoms with Gasteiger partial charge < -0.3 is 20.7 Å². The largest absolute Gasteiger partial charge is 0.491 e. The van der Waals surface area contributed by atoms with Crippen LogP contribution < -0.4 is 20.7 Å². The monoisotopic (exact) mass is 561 g/mol. The Hall–Kier alpha value is -4.10. The lowest BCUT2D eigenvalue weighted by Crippen LogP contribution is -2.34. The van der Waals surface area contributed by atoms with Crippen molar-refractivity contribution in [2.45, 2.75) is 31.6 Å². The molecule has 0 radical (unpaired) electrons. The van der Waals surface area contributed by atoms with Crippen LogP contribution in [-0.2, 0) is 15.8 Å². The van der Waals surface area contributed by atoms with E-state index in [9.17, 15) is 36.3 Å². The van der Waals surface area contributed by atoms with Crippen molar-refractivity contribution in [3.63, 3.8) is 0 Å². The predicted octanol–water partition coefficient (Wildman–Crippen LogP) is 4.25. The van der Waals surface area contributed by atoms with Gasteiger partial charge in [0.1, 0.15) is 24.3 Å². The van der Waals surface area contributed by atoms with Crippen LogP contribution in [0.1, 0.15) is 34.8 Å². The first-order chi connectivity index (χ1) is 18.1. The number of carbonyl (C=O) groups is 3. The summed E-state index contributed by atoms with van der Waals surface area (Å²) < 4.78 is 104. The summed E-state index contributed by atoms with van der Waals surface area (Å²) in [5.41, 5.74) is 0.512. The summed E-state index contributed by atoms with van der Waals surface area (Å²) in [5, 5.41) is 1.98. The number of ether oxygens (including phenoxy) is 1. The van der Waals surface area contributed by atoms with Crippen molar-refractivity contribution in [3.05, 3.63) is 65.0 Å². The lowest BCUT2D eigenvalue weighted by atomic mass is 9.96. The standard InChI is InChI=1S/C25H22F7N3O4/c1-13(26)12-39-15-3-4-16(19(9-15)25(30,31)32)23(38)35-7-6-24(28,29)18(10-22(37)34-11-21(33)36)17-8-14(27)2-5-20(17)35/h2-5,8-10,13H,6-7,11-12H2,1H3,(H2,33,36)(H,34,37)/b18-10-/t13-/m0/s1. The number of anilines is 1. The average Bonchev–Trinajstić information content (AvgIpc) is 2.94. The molecule has 0 unspecified atom stereocenters. The van der Waals surface area contributed by atoms with E-state index in [4.69, 9.17) is 10.5 Å². The van der Waals surface area contributed by atoms with Gasteiger partial charge in [-0.25, -0.2) is 17.6 Å². The molecule has 1 aliphatic heterocycles. The Labute approximate surface area is 217 Å². The lowest BCUT2D eigenvalue weighted by Gasteiger charge is -2.25. The van der Waals surface area contributed by atoms with Crippen molar-refractivity contribution in [1.82, 2.24) is 5.32 Å². The van der Waals surface area contributed by atoms with Gasteiger partial charge in [-0.3, -0.25) is 14.4 Å². The fourth-order valence-electron chi connectivity index (χ4n) is 3.80. The van der Waals surface area contributed by atoms with Crippen LogP contribution in [0.25, 0.3) is 5.57 Å². The van der Waals surface area contributed by atoms with Crippen molar-refractivity contribution >= 4 is 29.0 Å². The average molecular weight is 561 g/mol. The van der Waals surface area contributed by atoms with Gasteiger partial charge in [0.25, 0.3) is 11.8 Å². The van der Waals surface area contributed by atoms with E-state index in [1.54, 1.807) is 0 Å². The number of nitrogens with zero attached hydrogens (tertiary/aromatic N) is 1. The quantitative estimate of drug-likeness (QED) is 0.390.